The van der Waals surface area contributed by atoms with Gasteiger partial charge in [-0.25, -0.2) is 14.8 Å². The first-order valence-corrected chi connectivity index (χ1v) is 8.89. The van der Waals surface area contributed by atoms with Crippen LogP contribution in [0.4, 0.5) is 28.9 Å². The van der Waals surface area contributed by atoms with Crippen molar-refractivity contribution < 1.29 is 18.0 Å². The number of nitrogens with one attached hydrogen (secondary N) is 1. The van der Waals surface area contributed by atoms with Crippen molar-refractivity contribution in [3.8, 4) is 0 Å². The number of carbonyl (C=O) groups excluding carboxylic acids is 1. The lowest BCUT2D eigenvalue weighted by molar-refractivity contribution is -0.137. The summed E-state index contributed by atoms with van der Waals surface area (Å²) in [4.78, 5) is 24.6. The molecule has 6 nitrogen and oxygen atoms in total. The van der Waals surface area contributed by atoms with E-state index in [1.54, 1.807) is 16.0 Å². The van der Waals surface area contributed by atoms with Crippen LogP contribution < -0.4 is 10.2 Å². The third kappa shape index (κ3) is 4.18. The van der Waals surface area contributed by atoms with Gasteiger partial charge in [-0.3, -0.25) is 5.32 Å². The van der Waals surface area contributed by atoms with Crippen molar-refractivity contribution in [1.82, 2.24) is 14.9 Å². The van der Waals surface area contributed by atoms with Crippen molar-refractivity contribution >= 4 is 39.9 Å². The summed E-state index contributed by atoms with van der Waals surface area (Å²) >= 11 is 6.97. The van der Waals surface area contributed by atoms with Crippen LogP contribution in [0.25, 0.3) is 0 Å². The highest BCUT2D eigenvalue weighted by molar-refractivity contribution is 7.15. The minimum Gasteiger partial charge on any atom is -0.353 e. The van der Waals surface area contributed by atoms with Gasteiger partial charge in [-0.15, -0.1) is 11.3 Å². The summed E-state index contributed by atoms with van der Waals surface area (Å²) in [5.74, 6) is 0.192. The molecule has 1 saturated heterocycles. The Hall–Kier alpha value is -2.07. The molecule has 3 heterocycles. The fourth-order valence-corrected chi connectivity index (χ4v) is 3.40. The lowest BCUT2D eigenvalue weighted by atomic mass is 10.2. The normalized spacial score (nSPS) is 15.3. The largest absolute Gasteiger partial charge is 0.418 e. The van der Waals surface area contributed by atoms with Gasteiger partial charge in [0.05, 0.1) is 10.6 Å². The summed E-state index contributed by atoms with van der Waals surface area (Å²) in [6.45, 7) is 3.36. The van der Waals surface area contributed by atoms with E-state index in [-0.39, 0.29) is 11.8 Å². The number of halogens is 4. The maximum absolute atomic E-state index is 13.0. The van der Waals surface area contributed by atoms with Crippen molar-refractivity contribution in [1.29, 1.82) is 0 Å². The average Bonchev–Trinajstić information content (AvgIpc) is 2.99. The number of piperazine rings is 1. The molecule has 0 saturated carbocycles. The molecule has 1 fully saturated rings. The monoisotopic (exact) mass is 405 g/mol. The van der Waals surface area contributed by atoms with Crippen molar-refractivity contribution in [2.45, 2.75) is 13.1 Å². The molecule has 3 rings (SSSR count). The van der Waals surface area contributed by atoms with Crippen molar-refractivity contribution in [2.75, 3.05) is 36.4 Å². The summed E-state index contributed by atoms with van der Waals surface area (Å²) in [6.07, 6.45) is -1.87. The Morgan fingerprint density at radius 3 is 2.50 bits per heavy atom. The number of pyridine rings is 1. The van der Waals surface area contributed by atoms with Crippen LogP contribution in [-0.4, -0.2) is 47.1 Å². The minimum absolute atomic E-state index is 0.192. The molecule has 140 valence electrons. The number of hydrogen-bond acceptors (Lipinski definition) is 5. The number of aromatic nitrogens is 2. The maximum atomic E-state index is 13.0. The zero-order chi connectivity index (χ0) is 18.9. The Morgan fingerprint density at radius 2 is 1.92 bits per heavy atom. The lowest BCUT2D eigenvalue weighted by Gasteiger charge is -2.35. The van der Waals surface area contributed by atoms with Gasteiger partial charge in [0.25, 0.3) is 0 Å². The molecule has 0 bridgehead atoms. The molecule has 11 heteroatoms. The first-order valence-electron chi connectivity index (χ1n) is 7.70. The van der Waals surface area contributed by atoms with Gasteiger partial charge in [0.1, 0.15) is 5.82 Å². The van der Waals surface area contributed by atoms with Crippen molar-refractivity contribution in [2.24, 2.45) is 0 Å². The van der Waals surface area contributed by atoms with Crippen LogP contribution in [0.2, 0.25) is 5.02 Å². The Balaban J connectivity index is 1.62. The fourth-order valence-electron chi connectivity index (χ4n) is 2.54. The fraction of sp³-hybridized carbons (Fsp3) is 0.400. The van der Waals surface area contributed by atoms with E-state index in [2.05, 4.69) is 15.3 Å². The van der Waals surface area contributed by atoms with Crippen LogP contribution in [0.5, 0.6) is 0 Å². The Kier molecular flexibility index (Phi) is 5.24. The predicted molar refractivity (Wildman–Crippen MR) is 93.9 cm³/mol. The van der Waals surface area contributed by atoms with Gasteiger partial charge in [0.15, 0.2) is 5.13 Å². The van der Waals surface area contributed by atoms with E-state index in [4.69, 9.17) is 11.6 Å². The highest BCUT2D eigenvalue weighted by atomic mass is 35.5. The standard InChI is InChI=1S/C15H15ClF3N5OS/c1-9-7-21-13(26-9)22-14(25)24-4-2-23(3-5-24)12-6-10(15(17,18)19)11(16)8-20-12/h6-8H,2-5H2,1H3,(H,21,22,25). The molecule has 2 aromatic heterocycles. The van der Waals surface area contributed by atoms with Gasteiger partial charge in [-0.1, -0.05) is 11.6 Å². The zero-order valence-electron chi connectivity index (χ0n) is 13.7. The van der Waals surface area contributed by atoms with E-state index in [1.165, 1.54) is 11.3 Å². The van der Waals surface area contributed by atoms with E-state index in [0.29, 0.717) is 31.3 Å². The summed E-state index contributed by atoms with van der Waals surface area (Å²) in [7, 11) is 0. The van der Waals surface area contributed by atoms with E-state index in [1.807, 2.05) is 6.92 Å². The number of hydrogen-bond donors (Lipinski definition) is 1. The molecule has 0 atom stereocenters. The molecule has 1 aliphatic rings. The number of anilines is 2. The molecular formula is C15H15ClF3N5OS. The number of aryl methyl sites for hydroxylation is 1. The molecule has 0 radical (unpaired) electrons. The maximum Gasteiger partial charge on any atom is 0.418 e. The van der Waals surface area contributed by atoms with Crippen molar-refractivity contribution in [3.05, 3.63) is 33.9 Å². The second-order valence-electron chi connectivity index (χ2n) is 5.70. The molecule has 26 heavy (non-hydrogen) atoms. The quantitative estimate of drug-likeness (QED) is 0.823. The van der Waals surface area contributed by atoms with Gasteiger partial charge in [-0.2, -0.15) is 13.2 Å². The molecule has 2 aromatic rings. The number of carbonyl (C=O) groups is 1. The van der Waals surface area contributed by atoms with Gasteiger partial charge >= 0.3 is 12.2 Å². The third-order valence-corrected chi connectivity index (χ3v) is 5.00. The molecule has 1 N–H and O–H groups in total. The summed E-state index contributed by atoms with van der Waals surface area (Å²) in [5, 5.41) is 2.80. The highest BCUT2D eigenvalue weighted by Crippen LogP contribution is 2.36. The van der Waals surface area contributed by atoms with Gasteiger partial charge < -0.3 is 9.80 Å². The first-order chi connectivity index (χ1) is 12.2. The van der Waals surface area contributed by atoms with Crippen molar-refractivity contribution in [3.63, 3.8) is 0 Å². The number of thiazole rings is 1. The predicted octanol–water partition coefficient (Wildman–Crippen LogP) is 3.87. The highest BCUT2D eigenvalue weighted by Gasteiger charge is 2.34. The number of amides is 2. The summed E-state index contributed by atoms with van der Waals surface area (Å²) in [5.41, 5.74) is -0.913. The second-order valence-corrected chi connectivity index (χ2v) is 7.34. The smallest absolute Gasteiger partial charge is 0.353 e. The Morgan fingerprint density at radius 1 is 1.23 bits per heavy atom. The van der Waals surface area contributed by atoms with Crippen LogP contribution in [-0.2, 0) is 6.18 Å². The Labute approximate surface area is 156 Å². The number of nitrogens with zero attached hydrogens (tertiary/aromatic N) is 4. The van der Waals surface area contributed by atoms with Crippen LogP contribution in [0, 0.1) is 6.92 Å². The zero-order valence-corrected chi connectivity index (χ0v) is 15.3. The number of rotatable bonds is 2. The van der Waals surface area contributed by atoms with Gasteiger partial charge in [-0.05, 0) is 13.0 Å². The molecule has 0 aromatic carbocycles. The van der Waals surface area contributed by atoms with Crippen LogP contribution >= 0.6 is 22.9 Å². The molecule has 2 amide bonds. The molecule has 0 unspecified atom stereocenters. The molecule has 0 spiro atoms. The third-order valence-electron chi connectivity index (χ3n) is 3.87. The SMILES string of the molecule is Cc1cnc(NC(=O)N2CCN(c3cc(C(F)(F)F)c(Cl)cn3)CC2)s1. The average molecular weight is 406 g/mol. The summed E-state index contributed by atoms with van der Waals surface area (Å²) < 4.78 is 38.9. The van der Waals surface area contributed by atoms with Gasteiger partial charge in [0.2, 0.25) is 0 Å². The van der Waals surface area contributed by atoms with E-state index < -0.39 is 16.8 Å². The first kappa shape index (κ1) is 18.7. The van der Waals surface area contributed by atoms with E-state index in [9.17, 15) is 18.0 Å². The van der Waals surface area contributed by atoms with E-state index in [0.717, 1.165) is 17.1 Å². The summed E-state index contributed by atoms with van der Waals surface area (Å²) in [6, 6.07) is 0.662. The van der Waals surface area contributed by atoms with Crippen LogP contribution in [0.1, 0.15) is 10.4 Å². The molecular weight excluding hydrogens is 391 g/mol. The minimum atomic E-state index is -4.54. The topological polar surface area (TPSA) is 61.4 Å². The number of alkyl halides is 3. The number of urea groups is 1. The molecule has 0 aliphatic carbocycles. The van der Waals surface area contributed by atoms with Crippen LogP contribution in [0.3, 0.4) is 0 Å². The van der Waals surface area contributed by atoms with Gasteiger partial charge in [0, 0.05) is 43.4 Å². The van der Waals surface area contributed by atoms with E-state index >= 15 is 0 Å². The molecule has 1 aliphatic heterocycles. The second kappa shape index (κ2) is 7.28. The van der Waals surface area contributed by atoms with Crippen LogP contribution in [0.15, 0.2) is 18.5 Å². The lowest BCUT2D eigenvalue weighted by Crippen LogP contribution is -2.50. The Bertz CT molecular complexity index is 805.